The summed E-state index contributed by atoms with van der Waals surface area (Å²) in [5, 5.41) is 0. The zero-order valence-corrected chi connectivity index (χ0v) is 29.8. The van der Waals surface area contributed by atoms with Crippen molar-refractivity contribution in [1.29, 1.82) is 0 Å². The summed E-state index contributed by atoms with van der Waals surface area (Å²) in [5.74, 6) is 2.71. The predicted molar refractivity (Wildman–Crippen MR) is 206 cm³/mol. The number of fused-ring (bicyclic) bond motifs is 6. The summed E-state index contributed by atoms with van der Waals surface area (Å²) in [5.41, 5.74) is 11.5. The molecule has 6 aliphatic carbocycles. The van der Waals surface area contributed by atoms with Crippen molar-refractivity contribution in [3.05, 3.63) is 141 Å². The number of ether oxygens (including phenoxy) is 2. The molecule has 4 nitrogen and oxygen atoms in total. The van der Waals surface area contributed by atoms with Crippen LogP contribution in [0.4, 0.5) is 8.63 Å². The Morgan fingerprint density at radius 3 is 1.71 bits per heavy atom. The van der Waals surface area contributed by atoms with Gasteiger partial charge in [0.25, 0.3) is 0 Å². The molecule has 7 heteroatoms. The van der Waals surface area contributed by atoms with E-state index in [1.165, 1.54) is 20.1 Å². The fraction of sp³-hybridized carbons (Fsp3) is 0.311. The highest BCUT2D eigenvalue weighted by molar-refractivity contribution is 6.59. The smallest absolute Gasteiger partial charge is 0.497 e. The molecule has 0 radical (unpaired) electrons. The normalized spacial score (nSPS) is 25.2. The van der Waals surface area contributed by atoms with Gasteiger partial charge in [-0.15, -0.1) is 0 Å². The first-order valence-corrected chi connectivity index (χ1v) is 19.1. The highest BCUT2D eigenvalue weighted by Gasteiger charge is 2.61. The monoisotopic (exact) mass is 692 g/mol. The van der Waals surface area contributed by atoms with Crippen molar-refractivity contribution in [3.8, 4) is 11.5 Å². The molecule has 3 aromatic carbocycles. The second kappa shape index (κ2) is 12.1. The quantitative estimate of drug-likeness (QED) is 0.180. The number of allylic oxidation sites excluding steroid dienone is 3. The average Bonchev–Trinajstić information content (AvgIpc) is 3.76. The van der Waals surface area contributed by atoms with Crippen molar-refractivity contribution in [2.45, 2.75) is 63.2 Å². The number of benzene rings is 3. The molecule has 3 heterocycles. The number of rotatable bonds is 7. The van der Waals surface area contributed by atoms with Crippen LogP contribution in [-0.4, -0.2) is 35.9 Å². The molecular formula is C45H43BF2N2O2. The first kappa shape index (κ1) is 31.8. The van der Waals surface area contributed by atoms with Gasteiger partial charge in [0.05, 0.1) is 19.8 Å². The van der Waals surface area contributed by atoms with Crippen LogP contribution in [0.5, 0.6) is 11.5 Å². The zero-order chi connectivity index (χ0) is 35.1. The molecule has 262 valence electrons. The van der Waals surface area contributed by atoms with Gasteiger partial charge < -0.3 is 27.1 Å². The molecule has 2 aliphatic heterocycles. The van der Waals surface area contributed by atoms with Gasteiger partial charge in [-0.05, 0) is 139 Å². The maximum atomic E-state index is 18.4. The molecule has 4 aromatic rings. The summed E-state index contributed by atoms with van der Waals surface area (Å²) in [6.07, 6.45) is 16.5. The SMILES string of the molecule is COc1ccc(/C=C/C2=[N+]3C(=C(c4ccccc4)c4c5c(c(/C=C/c6ccc(OC)cc6)n4[B-]3(F)F)C3CCC5CC3)C3=C2C2CCC3CC2)cc1. The van der Waals surface area contributed by atoms with E-state index in [4.69, 9.17) is 9.47 Å². The Balaban J connectivity index is 1.28. The van der Waals surface area contributed by atoms with Crippen LogP contribution in [0.3, 0.4) is 0 Å². The van der Waals surface area contributed by atoms with E-state index >= 15 is 8.63 Å². The van der Waals surface area contributed by atoms with Gasteiger partial charge in [-0.25, -0.2) is 0 Å². The Bertz CT molecular complexity index is 2240. The lowest BCUT2D eigenvalue weighted by Crippen LogP contribution is -2.52. The number of nitrogens with zero attached hydrogens (tertiary/aromatic N) is 2. The van der Waals surface area contributed by atoms with Crippen LogP contribution < -0.4 is 9.47 Å². The molecule has 0 spiro atoms. The van der Waals surface area contributed by atoms with Crippen molar-refractivity contribution in [3.63, 3.8) is 0 Å². The molecule has 12 rings (SSSR count). The lowest BCUT2D eigenvalue weighted by molar-refractivity contribution is -0.362. The molecule has 0 saturated heterocycles. The number of methoxy groups -OCH3 is 2. The van der Waals surface area contributed by atoms with Crippen LogP contribution in [0.25, 0.3) is 23.8 Å². The minimum absolute atomic E-state index is 0.288. The third-order valence-corrected chi connectivity index (χ3v) is 13.0. The van der Waals surface area contributed by atoms with Crippen LogP contribution in [0, 0.1) is 11.8 Å². The van der Waals surface area contributed by atoms with E-state index in [-0.39, 0.29) is 23.7 Å². The molecular weight excluding hydrogens is 649 g/mol. The van der Waals surface area contributed by atoms with E-state index in [2.05, 4.69) is 24.3 Å². The van der Waals surface area contributed by atoms with Gasteiger partial charge in [-0.3, -0.25) is 0 Å². The van der Waals surface area contributed by atoms with Crippen molar-refractivity contribution >= 4 is 36.5 Å². The van der Waals surface area contributed by atoms with Gasteiger partial charge >= 0.3 is 6.97 Å². The highest BCUT2D eigenvalue weighted by Crippen LogP contribution is 2.60. The van der Waals surface area contributed by atoms with Gasteiger partial charge in [0.2, 0.25) is 0 Å². The lowest BCUT2D eigenvalue weighted by Gasteiger charge is -2.39. The van der Waals surface area contributed by atoms with Gasteiger partial charge in [0, 0.05) is 28.6 Å². The first-order chi connectivity index (χ1) is 25.5. The highest BCUT2D eigenvalue weighted by atomic mass is 19.2. The Hall–Kier alpha value is -4.91. The van der Waals surface area contributed by atoms with E-state index in [0.29, 0.717) is 11.4 Å². The Kier molecular flexibility index (Phi) is 7.39. The molecule has 0 unspecified atom stereocenters. The molecule has 0 atom stereocenters. The van der Waals surface area contributed by atoms with Gasteiger partial charge in [-0.1, -0.05) is 60.7 Å². The summed E-state index contributed by atoms with van der Waals surface area (Å²) >= 11 is 0. The summed E-state index contributed by atoms with van der Waals surface area (Å²) in [6, 6.07) is 26.1. The summed E-state index contributed by atoms with van der Waals surface area (Å²) < 4.78 is 50.7. The number of aromatic nitrogens is 1. The zero-order valence-electron chi connectivity index (χ0n) is 29.8. The van der Waals surface area contributed by atoms with E-state index in [0.717, 1.165) is 108 Å². The fourth-order valence-corrected chi connectivity index (χ4v) is 10.7. The van der Waals surface area contributed by atoms with E-state index in [1.54, 1.807) is 14.2 Å². The average molecular weight is 693 g/mol. The summed E-state index contributed by atoms with van der Waals surface area (Å²) in [4.78, 5) is 0. The molecule has 1 aromatic heterocycles. The molecule has 0 amide bonds. The molecule has 0 N–H and O–H groups in total. The van der Waals surface area contributed by atoms with Crippen molar-refractivity contribution in [1.82, 2.24) is 4.48 Å². The van der Waals surface area contributed by atoms with Crippen LogP contribution in [0.1, 0.15) is 102 Å². The lowest BCUT2D eigenvalue weighted by atomic mass is 9.64. The molecule has 4 bridgehead atoms. The second-order valence-corrected chi connectivity index (χ2v) is 15.5. The minimum Gasteiger partial charge on any atom is -0.497 e. The summed E-state index contributed by atoms with van der Waals surface area (Å²) in [6.45, 7) is -4.28. The second-order valence-electron chi connectivity index (χ2n) is 15.5. The van der Waals surface area contributed by atoms with Crippen molar-refractivity contribution < 1.29 is 22.6 Å². The van der Waals surface area contributed by atoms with Crippen molar-refractivity contribution in [2.75, 3.05) is 14.2 Å². The van der Waals surface area contributed by atoms with Crippen LogP contribution in [0.15, 0.2) is 102 Å². The third kappa shape index (κ3) is 4.67. The van der Waals surface area contributed by atoms with Gasteiger partial charge in [0.1, 0.15) is 11.5 Å². The summed E-state index contributed by atoms with van der Waals surface area (Å²) in [7, 11) is 3.31. The number of hydrogen-bond acceptors (Lipinski definition) is 2. The van der Waals surface area contributed by atoms with Gasteiger partial charge in [0.15, 0.2) is 11.4 Å². The largest absolute Gasteiger partial charge is 0.737 e. The maximum absolute atomic E-state index is 18.4. The first-order valence-electron chi connectivity index (χ1n) is 19.1. The molecule has 2 fully saturated rings. The third-order valence-electron chi connectivity index (χ3n) is 13.0. The van der Waals surface area contributed by atoms with Crippen LogP contribution in [0.2, 0.25) is 0 Å². The molecule has 52 heavy (non-hydrogen) atoms. The molecule has 8 aliphatic rings. The number of halogens is 2. The Morgan fingerprint density at radius 1 is 0.615 bits per heavy atom. The van der Waals surface area contributed by atoms with Crippen molar-refractivity contribution in [2.24, 2.45) is 11.8 Å². The fourth-order valence-electron chi connectivity index (χ4n) is 10.7. The predicted octanol–water partition coefficient (Wildman–Crippen LogP) is 10.7. The van der Waals surface area contributed by atoms with E-state index in [1.807, 2.05) is 78.9 Å². The molecule has 2 saturated carbocycles. The van der Waals surface area contributed by atoms with E-state index in [9.17, 15) is 0 Å². The Labute approximate surface area is 304 Å². The topological polar surface area (TPSA) is 26.4 Å². The number of hydrogen-bond donors (Lipinski definition) is 0. The van der Waals surface area contributed by atoms with Crippen LogP contribution in [-0.2, 0) is 0 Å². The van der Waals surface area contributed by atoms with Crippen LogP contribution >= 0.6 is 0 Å². The Morgan fingerprint density at radius 2 is 1.13 bits per heavy atom. The van der Waals surface area contributed by atoms with Gasteiger partial charge in [-0.2, -0.15) is 0 Å². The maximum Gasteiger partial charge on any atom is 0.737 e. The standard InChI is InChI=1S/C45H43BF2N2O2/c1-51-35-22-8-28(9-23-35)12-26-37-39-31-14-18-33(19-15-31)41(39)44-43(30-6-4-3-5-7-30)45-42-34-20-16-32(17-21-34)40(42)38(50(45)46(47,48)49(37)44)27-13-29-10-24-36(52-2)25-11-29/h3-13,22-27,31-34H,14-21H2,1-2H3/b26-12+,27-13+. The minimum atomic E-state index is -4.28. The van der Waals surface area contributed by atoms with E-state index < -0.39 is 6.97 Å².